The molecule has 7 nitrogen and oxygen atoms in total. The van der Waals surface area contributed by atoms with E-state index in [0.717, 1.165) is 17.5 Å². The van der Waals surface area contributed by atoms with Crippen LogP contribution < -0.4 is 16.4 Å². The molecule has 0 heterocycles. The molecule has 0 saturated heterocycles. The molecule has 2 aromatic rings. The number of amides is 2. The van der Waals surface area contributed by atoms with Crippen molar-refractivity contribution in [2.75, 3.05) is 24.2 Å². The predicted octanol–water partition coefficient (Wildman–Crippen LogP) is 2.05. The van der Waals surface area contributed by atoms with Crippen LogP contribution in [0.4, 0.5) is 11.4 Å². The number of ether oxygens (including phenoxy) is 1. The molecule has 2 rings (SSSR count). The van der Waals surface area contributed by atoms with Crippen molar-refractivity contribution in [2.45, 2.75) is 20.3 Å². The van der Waals surface area contributed by atoms with Gasteiger partial charge in [-0.05, 0) is 42.7 Å². The van der Waals surface area contributed by atoms with E-state index in [9.17, 15) is 14.4 Å². The zero-order chi connectivity index (χ0) is 19.8. The van der Waals surface area contributed by atoms with Crippen molar-refractivity contribution in [1.82, 2.24) is 5.32 Å². The summed E-state index contributed by atoms with van der Waals surface area (Å²) in [5, 5.41) is 5.16. The quantitative estimate of drug-likeness (QED) is 0.511. The number of aryl methyl sites for hydroxylation is 2. The highest BCUT2D eigenvalue weighted by atomic mass is 16.5. The lowest BCUT2D eigenvalue weighted by Crippen LogP contribution is -2.35. The zero-order valence-electron chi connectivity index (χ0n) is 15.4. The van der Waals surface area contributed by atoms with E-state index >= 15 is 0 Å². The third-order valence-electron chi connectivity index (χ3n) is 3.97. The number of benzene rings is 2. The van der Waals surface area contributed by atoms with E-state index in [2.05, 4.69) is 10.6 Å². The number of carbonyl (C=O) groups excluding carboxylic acids is 3. The number of nitrogens with one attached hydrogen (secondary N) is 2. The maximum absolute atomic E-state index is 12.0. The van der Waals surface area contributed by atoms with Crippen LogP contribution in [0, 0.1) is 6.92 Å². The Morgan fingerprint density at radius 1 is 1.07 bits per heavy atom. The molecule has 0 unspecified atom stereocenters. The third kappa shape index (κ3) is 5.85. The molecular formula is C20H23N3O4. The lowest BCUT2D eigenvalue weighted by atomic mass is 10.1. The molecule has 0 fully saturated rings. The van der Waals surface area contributed by atoms with E-state index < -0.39 is 18.5 Å². The molecule has 142 valence electrons. The first-order valence-electron chi connectivity index (χ1n) is 8.58. The smallest absolute Gasteiger partial charge is 0.338 e. The van der Waals surface area contributed by atoms with Crippen molar-refractivity contribution in [2.24, 2.45) is 0 Å². The van der Waals surface area contributed by atoms with E-state index in [1.807, 2.05) is 32.0 Å². The normalized spacial score (nSPS) is 10.1. The van der Waals surface area contributed by atoms with Crippen LogP contribution in [0.25, 0.3) is 0 Å². The Balaban J connectivity index is 1.77. The highest BCUT2D eigenvalue weighted by Gasteiger charge is 2.12. The Kier molecular flexibility index (Phi) is 6.93. The number of rotatable bonds is 7. The predicted molar refractivity (Wildman–Crippen MR) is 103 cm³/mol. The van der Waals surface area contributed by atoms with Crippen molar-refractivity contribution in [3.63, 3.8) is 0 Å². The largest absolute Gasteiger partial charge is 0.452 e. The Labute approximate surface area is 157 Å². The van der Waals surface area contributed by atoms with E-state index in [4.69, 9.17) is 10.5 Å². The van der Waals surface area contributed by atoms with Crippen molar-refractivity contribution < 1.29 is 19.1 Å². The van der Waals surface area contributed by atoms with Crippen molar-refractivity contribution >= 4 is 29.2 Å². The van der Waals surface area contributed by atoms with E-state index in [1.54, 1.807) is 18.2 Å². The van der Waals surface area contributed by atoms with Crippen molar-refractivity contribution in [3.8, 4) is 0 Å². The first-order chi connectivity index (χ1) is 12.9. The Morgan fingerprint density at radius 2 is 1.81 bits per heavy atom. The summed E-state index contributed by atoms with van der Waals surface area (Å²) >= 11 is 0. The lowest BCUT2D eigenvalue weighted by Gasteiger charge is -2.10. The summed E-state index contributed by atoms with van der Waals surface area (Å²) in [7, 11) is 0. The van der Waals surface area contributed by atoms with Gasteiger partial charge in [0.25, 0.3) is 5.91 Å². The van der Waals surface area contributed by atoms with Gasteiger partial charge in [-0.3, -0.25) is 9.59 Å². The lowest BCUT2D eigenvalue weighted by molar-refractivity contribution is -0.126. The molecule has 0 radical (unpaired) electrons. The summed E-state index contributed by atoms with van der Waals surface area (Å²) < 4.78 is 4.93. The summed E-state index contributed by atoms with van der Waals surface area (Å²) in [4.78, 5) is 35.7. The molecule has 2 amide bonds. The summed E-state index contributed by atoms with van der Waals surface area (Å²) in [6, 6.07) is 12.2. The molecule has 0 bridgehead atoms. The fraction of sp³-hybridized carbons (Fsp3) is 0.250. The maximum Gasteiger partial charge on any atom is 0.338 e. The van der Waals surface area contributed by atoms with Crippen LogP contribution in [0.15, 0.2) is 42.5 Å². The van der Waals surface area contributed by atoms with E-state index in [1.165, 1.54) is 6.07 Å². The first kappa shape index (κ1) is 20.0. The summed E-state index contributed by atoms with van der Waals surface area (Å²) in [6.07, 6.45) is 0.780. The number of hydrogen-bond acceptors (Lipinski definition) is 5. The average Bonchev–Trinajstić information content (AvgIpc) is 2.67. The van der Waals surface area contributed by atoms with Gasteiger partial charge in [0, 0.05) is 11.4 Å². The molecule has 7 heteroatoms. The minimum absolute atomic E-state index is 0.216. The number of hydrogen-bond donors (Lipinski definition) is 3. The minimum Gasteiger partial charge on any atom is -0.452 e. The van der Waals surface area contributed by atoms with Gasteiger partial charge in [-0.25, -0.2) is 4.79 Å². The molecule has 0 atom stereocenters. The van der Waals surface area contributed by atoms with Crippen LogP contribution in [0.5, 0.6) is 0 Å². The summed E-state index contributed by atoms with van der Waals surface area (Å²) in [6.45, 7) is 3.11. The fourth-order valence-electron chi connectivity index (χ4n) is 2.36. The zero-order valence-corrected chi connectivity index (χ0v) is 15.4. The third-order valence-corrected chi connectivity index (χ3v) is 3.97. The van der Waals surface area contributed by atoms with Crippen LogP contribution in [-0.2, 0) is 20.7 Å². The van der Waals surface area contributed by atoms with Crippen LogP contribution in [0.2, 0.25) is 0 Å². The van der Waals surface area contributed by atoms with Gasteiger partial charge in [-0.15, -0.1) is 0 Å². The van der Waals surface area contributed by atoms with Gasteiger partial charge >= 0.3 is 5.97 Å². The number of esters is 1. The molecule has 2 aromatic carbocycles. The second-order valence-electron chi connectivity index (χ2n) is 5.98. The maximum atomic E-state index is 12.0. The minimum atomic E-state index is -0.654. The van der Waals surface area contributed by atoms with Gasteiger partial charge in [0.15, 0.2) is 6.61 Å². The van der Waals surface area contributed by atoms with E-state index in [0.29, 0.717) is 11.4 Å². The Morgan fingerprint density at radius 3 is 2.52 bits per heavy atom. The first-order valence-corrected chi connectivity index (χ1v) is 8.58. The molecular weight excluding hydrogens is 346 g/mol. The monoisotopic (exact) mass is 369 g/mol. The Hall–Kier alpha value is -3.35. The standard InChI is InChI=1S/C20H23N3O4/c1-3-14-6-4-5-7-17(14)23-18(24)11-22-19(25)12-27-20(26)15-9-8-13(2)16(21)10-15/h4-10H,3,11-12,21H2,1-2H3,(H,22,25)(H,23,24). The van der Waals surface area contributed by atoms with Gasteiger partial charge in [0.05, 0.1) is 12.1 Å². The van der Waals surface area contributed by atoms with Crippen molar-refractivity contribution in [3.05, 3.63) is 59.2 Å². The highest BCUT2D eigenvalue weighted by molar-refractivity contribution is 5.96. The molecule has 0 saturated carbocycles. The topological polar surface area (TPSA) is 111 Å². The van der Waals surface area contributed by atoms with Crippen molar-refractivity contribution in [1.29, 1.82) is 0 Å². The molecule has 0 aliphatic heterocycles. The molecule has 4 N–H and O–H groups in total. The molecule has 0 aliphatic carbocycles. The highest BCUT2D eigenvalue weighted by Crippen LogP contribution is 2.15. The number of para-hydroxylation sites is 1. The van der Waals surface area contributed by atoms with E-state index in [-0.39, 0.29) is 18.0 Å². The van der Waals surface area contributed by atoms with Gasteiger partial charge < -0.3 is 21.1 Å². The fourth-order valence-corrected chi connectivity index (χ4v) is 2.36. The number of carbonyl (C=O) groups is 3. The molecule has 0 aromatic heterocycles. The van der Waals surface area contributed by atoms with Gasteiger partial charge in [-0.2, -0.15) is 0 Å². The summed E-state index contributed by atoms with van der Waals surface area (Å²) in [5.41, 5.74) is 9.04. The van der Waals surface area contributed by atoms with Gasteiger partial charge in [0.2, 0.25) is 5.91 Å². The van der Waals surface area contributed by atoms with Crippen LogP contribution in [0.1, 0.15) is 28.4 Å². The number of nitrogen functional groups attached to an aromatic ring is 1. The van der Waals surface area contributed by atoms with Crippen LogP contribution in [0.3, 0.4) is 0 Å². The van der Waals surface area contributed by atoms with Crippen LogP contribution >= 0.6 is 0 Å². The van der Waals surface area contributed by atoms with Crippen LogP contribution in [-0.4, -0.2) is 30.9 Å². The Bertz CT molecular complexity index is 849. The second-order valence-corrected chi connectivity index (χ2v) is 5.98. The second kappa shape index (κ2) is 9.38. The molecule has 0 aliphatic rings. The average molecular weight is 369 g/mol. The molecule has 27 heavy (non-hydrogen) atoms. The van der Waals surface area contributed by atoms with Gasteiger partial charge in [0.1, 0.15) is 0 Å². The molecule has 0 spiro atoms. The number of nitrogens with two attached hydrogens (primary N) is 1. The van der Waals surface area contributed by atoms with Gasteiger partial charge in [-0.1, -0.05) is 31.2 Å². The summed E-state index contributed by atoms with van der Waals surface area (Å²) in [5.74, 6) is -1.58. The SMILES string of the molecule is CCc1ccccc1NC(=O)CNC(=O)COC(=O)c1ccc(C)c(N)c1. The number of anilines is 2.